The van der Waals surface area contributed by atoms with Gasteiger partial charge < -0.3 is 14.2 Å². The van der Waals surface area contributed by atoms with E-state index in [0.717, 1.165) is 19.3 Å². The van der Waals surface area contributed by atoms with Gasteiger partial charge >= 0.3 is 5.97 Å². The molecule has 30 heavy (non-hydrogen) atoms. The van der Waals surface area contributed by atoms with Crippen LogP contribution in [0.3, 0.4) is 0 Å². The number of carbonyl (C=O) groups is 2. The van der Waals surface area contributed by atoms with Crippen LogP contribution in [0.5, 0.6) is 0 Å². The minimum atomic E-state index is -0.792. The lowest BCUT2D eigenvalue weighted by Crippen LogP contribution is -2.46. The van der Waals surface area contributed by atoms with E-state index in [2.05, 4.69) is 0 Å². The fourth-order valence-corrected chi connectivity index (χ4v) is 3.78. The van der Waals surface area contributed by atoms with Gasteiger partial charge in [-0.05, 0) is 50.0 Å². The summed E-state index contributed by atoms with van der Waals surface area (Å²) in [5.41, 5.74) is -0.000814. The highest BCUT2D eigenvalue weighted by Gasteiger charge is 2.43. The largest absolute Gasteiger partial charge is 0.452 e. The summed E-state index contributed by atoms with van der Waals surface area (Å²) in [7, 11) is 0. The highest BCUT2D eigenvalue weighted by molar-refractivity contribution is 5.96. The van der Waals surface area contributed by atoms with Crippen LogP contribution in [0.4, 0.5) is 5.69 Å². The van der Waals surface area contributed by atoms with Crippen LogP contribution in [0.25, 0.3) is 0 Å². The lowest BCUT2D eigenvalue weighted by atomic mass is 9.80. The minimum absolute atomic E-state index is 0.0213. The lowest BCUT2D eigenvalue weighted by Gasteiger charge is -2.39. The van der Waals surface area contributed by atoms with E-state index in [1.807, 2.05) is 13.8 Å². The Labute approximate surface area is 175 Å². The first-order valence-electron chi connectivity index (χ1n) is 10.1. The number of esters is 1. The van der Waals surface area contributed by atoms with Crippen LogP contribution in [-0.4, -0.2) is 41.8 Å². The number of hydrogen-bond donors (Lipinski definition) is 0. The number of benzene rings is 1. The minimum Gasteiger partial charge on any atom is -0.452 e. The van der Waals surface area contributed by atoms with Gasteiger partial charge in [-0.25, -0.2) is 4.79 Å². The molecule has 1 aromatic carbocycles. The zero-order valence-electron chi connectivity index (χ0n) is 17.5. The topological polar surface area (TPSA) is 105 Å². The van der Waals surface area contributed by atoms with Crippen molar-refractivity contribution in [2.75, 3.05) is 6.61 Å². The smallest absolute Gasteiger partial charge is 0.338 e. The van der Waals surface area contributed by atoms with Gasteiger partial charge in [-0.1, -0.05) is 13.8 Å². The van der Waals surface area contributed by atoms with E-state index in [1.54, 1.807) is 13.0 Å². The van der Waals surface area contributed by atoms with Gasteiger partial charge in [0, 0.05) is 30.6 Å². The van der Waals surface area contributed by atoms with Gasteiger partial charge in [0.2, 0.25) is 0 Å². The zero-order valence-corrected chi connectivity index (χ0v) is 17.5. The second kappa shape index (κ2) is 9.06. The summed E-state index contributed by atoms with van der Waals surface area (Å²) in [6.07, 6.45) is 2.82. The van der Waals surface area contributed by atoms with Crippen LogP contribution in [-0.2, 0) is 19.0 Å². The molecule has 2 aliphatic rings. The summed E-state index contributed by atoms with van der Waals surface area (Å²) < 4.78 is 17.7. The predicted octanol–water partition coefficient (Wildman–Crippen LogP) is 3.98. The second-order valence-corrected chi connectivity index (χ2v) is 8.46. The first-order valence-corrected chi connectivity index (χ1v) is 10.1. The number of carbonyl (C=O) groups excluding carboxylic acids is 2. The van der Waals surface area contributed by atoms with Crippen LogP contribution in [0.2, 0.25) is 0 Å². The molecule has 162 valence electrons. The summed E-state index contributed by atoms with van der Waals surface area (Å²) >= 11 is 0. The van der Waals surface area contributed by atoms with Crippen molar-refractivity contribution in [1.29, 1.82) is 0 Å². The Morgan fingerprint density at radius 2 is 1.93 bits per heavy atom. The summed E-state index contributed by atoms with van der Waals surface area (Å²) in [6, 6.07) is 5.21. The highest BCUT2D eigenvalue weighted by atomic mass is 16.7. The predicted molar refractivity (Wildman–Crippen MR) is 108 cm³/mol. The number of Topliss-reactive ketones (excluding diaryl/α,β-unsaturated/α-hetero) is 1. The van der Waals surface area contributed by atoms with Crippen LogP contribution in [0.15, 0.2) is 35.9 Å². The van der Waals surface area contributed by atoms with E-state index < -0.39 is 34.8 Å². The van der Waals surface area contributed by atoms with Crippen molar-refractivity contribution in [2.45, 2.75) is 65.0 Å². The molecular formula is C22H27NO7. The summed E-state index contributed by atoms with van der Waals surface area (Å²) in [5, 5.41) is 10.8. The third-order valence-electron chi connectivity index (χ3n) is 5.53. The normalized spacial score (nSPS) is 26.4. The number of hydrogen-bond acceptors (Lipinski definition) is 7. The number of nitro benzene ring substituents is 1. The van der Waals surface area contributed by atoms with Crippen LogP contribution in [0, 0.1) is 15.5 Å². The molecular weight excluding hydrogens is 390 g/mol. The molecule has 1 aromatic rings. The number of nitro groups is 1. The van der Waals surface area contributed by atoms with Crippen LogP contribution in [0.1, 0.15) is 56.8 Å². The fraction of sp³-hybridized carbons (Fsp3) is 0.545. The third kappa shape index (κ3) is 5.12. The average Bonchev–Trinajstić information content (AvgIpc) is 2.78. The molecule has 0 radical (unpaired) electrons. The Hall–Kier alpha value is -2.58. The van der Waals surface area contributed by atoms with Gasteiger partial charge in [-0.3, -0.25) is 14.9 Å². The molecule has 1 saturated heterocycles. The molecule has 1 aliphatic heterocycles. The first kappa shape index (κ1) is 22.1. The summed E-state index contributed by atoms with van der Waals surface area (Å²) in [6.45, 7) is 6.14. The Balaban J connectivity index is 1.85. The zero-order chi connectivity index (χ0) is 21.9. The van der Waals surface area contributed by atoms with Crippen LogP contribution >= 0.6 is 0 Å². The molecule has 0 saturated carbocycles. The van der Waals surface area contributed by atoms with Crippen molar-refractivity contribution in [3.05, 3.63) is 51.6 Å². The summed E-state index contributed by atoms with van der Waals surface area (Å²) in [5.74, 6) is -0.658. The van der Waals surface area contributed by atoms with Crippen molar-refractivity contribution in [3.63, 3.8) is 0 Å². The number of non-ortho nitro benzene ring substituents is 1. The monoisotopic (exact) mass is 417 g/mol. The molecule has 0 amide bonds. The van der Waals surface area contributed by atoms with Crippen molar-refractivity contribution in [2.24, 2.45) is 5.41 Å². The van der Waals surface area contributed by atoms with Gasteiger partial charge in [0.05, 0.1) is 10.5 Å². The van der Waals surface area contributed by atoms with Gasteiger partial charge in [0.15, 0.2) is 12.1 Å². The molecule has 8 nitrogen and oxygen atoms in total. The molecule has 1 heterocycles. The van der Waals surface area contributed by atoms with E-state index in [0.29, 0.717) is 12.2 Å². The summed E-state index contributed by atoms with van der Waals surface area (Å²) in [4.78, 5) is 35.6. The number of allylic oxidation sites excluding steroid dienone is 1. The maximum atomic E-state index is 12.8. The van der Waals surface area contributed by atoms with Crippen molar-refractivity contribution < 1.29 is 28.7 Å². The van der Waals surface area contributed by atoms with E-state index in [1.165, 1.54) is 24.3 Å². The van der Waals surface area contributed by atoms with Crippen molar-refractivity contribution in [1.82, 2.24) is 0 Å². The highest BCUT2D eigenvalue weighted by Crippen LogP contribution is 2.37. The standard InChI is InChI=1S/C22H27NO7/c1-14-12-18(29-21(25)15-7-9-16(10-8-15)23(26)27)20(22(2,3)13-17(14)24)30-19-6-4-5-11-28-19/h7-10,12,18-20H,4-6,11,13H2,1-3H3. The third-order valence-corrected chi connectivity index (χ3v) is 5.53. The molecule has 0 aromatic heterocycles. The first-order chi connectivity index (χ1) is 14.2. The Morgan fingerprint density at radius 3 is 2.53 bits per heavy atom. The molecule has 0 N–H and O–H groups in total. The molecule has 1 aliphatic carbocycles. The number of ether oxygens (including phenoxy) is 3. The Kier molecular flexibility index (Phi) is 6.67. The molecule has 3 rings (SSSR count). The maximum Gasteiger partial charge on any atom is 0.338 e. The fourth-order valence-electron chi connectivity index (χ4n) is 3.78. The lowest BCUT2D eigenvalue weighted by molar-refractivity contribution is -0.384. The molecule has 0 bridgehead atoms. The van der Waals surface area contributed by atoms with Crippen molar-refractivity contribution >= 4 is 17.4 Å². The maximum absolute atomic E-state index is 12.8. The van der Waals surface area contributed by atoms with Crippen molar-refractivity contribution in [3.8, 4) is 0 Å². The van der Waals surface area contributed by atoms with E-state index >= 15 is 0 Å². The SMILES string of the molecule is CC1=CC(OC(=O)c2ccc([N+](=O)[O-])cc2)C(OC2CCCCO2)C(C)(C)CC1=O. The number of rotatable bonds is 5. The van der Waals surface area contributed by atoms with Gasteiger partial charge in [-0.15, -0.1) is 0 Å². The molecule has 3 atom stereocenters. The quantitative estimate of drug-likeness (QED) is 0.405. The number of ketones is 1. The molecule has 3 unspecified atom stereocenters. The molecule has 0 spiro atoms. The van der Waals surface area contributed by atoms with Crippen LogP contribution < -0.4 is 0 Å². The van der Waals surface area contributed by atoms with E-state index in [9.17, 15) is 19.7 Å². The molecule has 8 heteroatoms. The number of nitrogens with zero attached hydrogens (tertiary/aromatic N) is 1. The second-order valence-electron chi connectivity index (χ2n) is 8.46. The van der Waals surface area contributed by atoms with Gasteiger partial charge in [0.1, 0.15) is 12.2 Å². The van der Waals surface area contributed by atoms with Gasteiger partial charge in [-0.2, -0.15) is 0 Å². The average molecular weight is 417 g/mol. The molecule has 1 fully saturated rings. The Morgan fingerprint density at radius 1 is 1.23 bits per heavy atom. The van der Waals surface area contributed by atoms with E-state index in [4.69, 9.17) is 14.2 Å². The van der Waals surface area contributed by atoms with Gasteiger partial charge in [0.25, 0.3) is 5.69 Å². The Bertz CT molecular complexity index is 838. The van der Waals surface area contributed by atoms with E-state index in [-0.39, 0.29) is 23.5 Å².